The summed E-state index contributed by atoms with van der Waals surface area (Å²) in [6, 6.07) is 11.4. The number of hydrogen-bond donors (Lipinski definition) is 1. The van der Waals surface area contributed by atoms with Crippen LogP contribution in [-0.2, 0) is 11.3 Å². The Hall–Kier alpha value is -2.74. The molecule has 1 aromatic heterocycles. The molecular formula is C18H15BrFN3O3. The van der Waals surface area contributed by atoms with E-state index in [2.05, 4.69) is 31.3 Å². The number of nitrogens with zero attached hydrogens (tertiary/aromatic N) is 2. The largest absolute Gasteiger partial charge is 0.488 e. The first-order valence-corrected chi connectivity index (χ1v) is 8.63. The van der Waals surface area contributed by atoms with Gasteiger partial charge in [-0.2, -0.15) is 10.3 Å². The van der Waals surface area contributed by atoms with E-state index in [9.17, 15) is 9.18 Å². The van der Waals surface area contributed by atoms with Crippen LogP contribution in [-0.4, -0.2) is 28.0 Å². The summed E-state index contributed by atoms with van der Waals surface area (Å²) in [5.41, 5.74) is 1.81. The number of carbonyl (C=O) groups excluding carboxylic acids is 1. The second kappa shape index (κ2) is 8.09. The SMILES string of the molecule is CCOC(=O)c1n[nH]nc1-c1cc(Br)ccc1OCc1ccc(F)cc1. The van der Waals surface area contributed by atoms with Gasteiger partial charge in [0.2, 0.25) is 0 Å². The third kappa shape index (κ3) is 4.08. The molecule has 0 fully saturated rings. The summed E-state index contributed by atoms with van der Waals surface area (Å²) in [5, 5.41) is 10.4. The van der Waals surface area contributed by atoms with E-state index in [1.807, 2.05) is 6.07 Å². The first-order valence-electron chi connectivity index (χ1n) is 7.83. The molecule has 0 radical (unpaired) electrons. The van der Waals surface area contributed by atoms with Crippen LogP contribution in [0.3, 0.4) is 0 Å². The van der Waals surface area contributed by atoms with E-state index in [0.29, 0.717) is 17.0 Å². The maximum absolute atomic E-state index is 13.0. The van der Waals surface area contributed by atoms with Gasteiger partial charge in [0.15, 0.2) is 5.69 Å². The summed E-state index contributed by atoms with van der Waals surface area (Å²) in [6.45, 7) is 2.19. The van der Waals surface area contributed by atoms with Crippen molar-refractivity contribution < 1.29 is 18.7 Å². The highest BCUT2D eigenvalue weighted by Gasteiger charge is 2.22. The predicted octanol–water partition coefficient (Wildman–Crippen LogP) is 4.13. The topological polar surface area (TPSA) is 77.1 Å². The molecule has 1 heterocycles. The number of nitrogens with one attached hydrogen (secondary N) is 1. The molecular weight excluding hydrogens is 405 g/mol. The number of ether oxygens (including phenoxy) is 2. The van der Waals surface area contributed by atoms with E-state index in [-0.39, 0.29) is 24.7 Å². The van der Waals surface area contributed by atoms with Gasteiger partial charge in [0.05, 0.1) is 6.61 Å². The Labute approximate surface area is 157 Å². The molecule has 0 saturated carbocycles. The molecule has 0 bridgehead atoms. The van der Waals surface area contributed by atoms with Gasteiger partial charge in [-0.3, -0.25) is 0 Å². The molecule has 0 unspecified atom stereocenters. The van der Waals surface area contributed by atoms with Crippen LogP contribution in [0.5, 0.6) is 5.75 Å². The fourth-order valence-electron chi connectivity index (χ4n) is 2.32. The molecule has 0 atom stereocenters. The maximum atomic E-state index is 13.0. The number of aromatic nitrogens is 3. The van der Waals surface area contributed by atoms with Crippen molar-refractivity contribution in [3.8, 4) is 17.0 Å². The fourth-order valence-corrected chi connectivity index (χ4v) is 2.68. The number of rotatable bonds is 6. The standard InChI is InChI=1S/C18H15BrFN3O3/c1-2-25-18(24)17-16(21-23-22-17)14-9-12(19)5-8-15(14)26-10-11-3-6-13(20)7-4-11/h3-9H,2,10H2,1H3,(H,21,22,23). The zero-order valence-electron chi connectivity index (χ0n) is 13.8. The van der Waals surface area contributed by atoms with Crippen molar-refractivity contribution in [1.82, 2.24) is 15.4 Å². The van der Waals surface area contributed by atoms with Crippen LogP contribution in [0.1, 0.15) is 23.0 Å². The van der Waals surface area contributed by atoms with Crippen molar-refractivity contribution in [2.45, 2.75) is 13.5 Å². The molecule has 0 amide bonds. The molecule has 134 valence electrons. The van der Waals surface area contributed by atoms with Crippen LogP contribution >= 0.6 is 15.9 Å². The van der Waals surface area contributed by atoms with Gasteiger partial charge < -0.3 is 9.47 Å². The highest BCUT2D eigenvalue weighted by molar-refractivity contribution is 9.10. The smallest absolute Gasteiger partial charge is 0.361 e. The number of aromatic amines is 1. The first-order chi connectivity index (χ1) is 12.6. The van der Waals surface area contributed by atoms with E-state index in [1.54, 1.807) is 31.2 Å². The minimum Gasteiger partial charge on any atom is -0.488 e. The van der Waals surface area contributed by atoms with Gasteiger partial charge in [0.25, 0.3) is 0 Å². The minimum absolute atomic E-state index is 0.0802. The van der Waals surface area contributed by atoms with Crippen molar-refractivity contribution in [2.24, 2.45) is 0 Å². The lowest BCUT2D eigenvalue weighted by molar-refractivity contribution is 0.0520. The van der Waals surface area contributed by atoms with Gasteiger partial charge in [-0.05, 0) is 42.8 Å². The minimum atomic E-state index is -0.569. The zero-order chi connectivity index (χ0) is 18.5. The summed E-state index contributed by atoms with van der Waals surface area (Å²) in [5.74, 6) is -0.363. The molecule has 0 aliphatic rings. The van der Waals surface area contributed by atoms with Crippen molar-refractivity contribution in [1.29, 1.82) is 0 Å². The Kier molecular flexibility index (Phi) is 5.62. The van der Waals surface area contributed by atoms with E-state index in [1.165, 1.54) is 12.1 Å². The average Bonchev–Trinajstić information content (AvgIpc) is 3.12. The fraction of sp³-hybridized carbons (Fsp3) is 0.167. The number of carbonyl (C=O) groups is 1. The summed E-state index contributed by atoms with van der Waals surface area (Å²) >= 11 is 3.41. The molecule has 0 aliphatic heterocycles. The van der Waals surface area contributed by atoms with E-state index < -0.39 is 5.97 Å². The van der Waals surface area contributed by atoms with Crippen LogP contribution < -0.4 is 4.74 Å². The van der Waals surface area contributed by atoms with Crippen molar-refractivity contribution >= 4 is 21.9 Å². The molecule has 3 aromatic rings. The van der Waals surface area contributed by atoms with Crippen LogP contribution in [0.2, 0.25) is 0 Å². The third-order valence-corrected chi connectivity index (χ3v) is 4.01. The number of H-pyrrole nitrogens is 1. The lowest BCUT2D eigenvalue weighted by Crippen LogP contribution is -2.07. The maximum Gasteiger partial charge on any atom is 0.361 e. The normalized spacial score (nSPS) is 10.6. The molecule has 0 spiro atoms. The highest BCUT2D eigenvalue weighted by atomic mass is 79.9. The Bertz CT molecular complexity index is 912. The zero-order valence-corrected chi connectivity index (χ0v) is 15.4. The van der Waals surface area contributed by atoms with Crippen molar-refractivity contribution in [2.75, 3.05) is 6.61 Å². The molecule has 8 heteroatoms. The van der Waals surface area contributed by atoms with E-state index in [4.69, 9.17) is 9.47 Å². The molecule has 1 N–H and O–H groups in total. The van der Waals surface area contributed by atoms with Gasteiger partial charge in [-0.15, -0.1) is 5.10 Å². The number of hydrogen-bond acceptors (Lipinski definition) is 5. The molecule has 0 aliphatic carbocycles. The van der Waals surface area contributed by atoms with Crippen molar-refractivity contribution in [3.05, 3.63) is 64.0 Å². The van der Waals surface area contributed by atoms with Gasteiger partial charge in [0.1, 0.15) is 23.9 Å². The summed E-state index contributed by atoms with van der Waals surface area (Å²) < 4.78 is 24.7. The number of halogens is 2. The molecule has 6 nitrogen and oxygen atoms in total. The second-order valence-corrected chi connectivity index (χ2v) is 6.21. The Morgan fingerprint density at radius 1 is 1.19 bits per heavy atom. The Morgan fingerprint density at radius 3 is 2.69 bits per heavy atom. The van der Waals surface area contributed by atoms with Gasteiger partial charge >= 0.3 is 5.97 Å². The summed E-state index contributed by atoms with van der Waals surface area (Å²) in [6.07, 6.45) is 0. The van der Waals surface area contributed by atoms with Gasteiger partial charge in [-0.25, -0.2) is 9.18 Å². The quantitative estimate of drug-likeness (QED) is 0.607. The van der Waals surface area contributed by atoms with Crippen LogP contribution in [0.4, 0.5) is 4.39 Å². The predicted molar refractivity (Wildman–Crippen MR) is 96.2 cm³/mol. The summed E-state index contributed by atoms with van der Waals surface area (Å²) in [4.78, 5) is 12.1. The van der Waals surface area contributed by atoms with Crippen molar-refractivity contribution in [3.63, 3.8) is 0 Å². The van der Waals surface area contributed by atoms with Crippen LogP contribution in [0, 0.1) is 5.82 Å². The third-order valence-electron chi connectivity index (χ3n) is 3.52. The lowest BCUT2D eigenvalue weighted by Gasteiger charge is -2.11. The molecule has 26 heavy (non-hydrogen) atoms. The first kappa shape index (κ1) is 18.1. The monoisotopic (exact) mass is 419 g/mol. The average molecular weight is 420 g/mol. The van der Waals surface area contributed by atoms with Gasteiger partial charge in [0, 0.05) is 10.0 Å². The van der Waals surface area contributed by atoms with Crippen LogP contribution in [0.15, 0.2) is 46.9 Å². The number of benzene rings is 2. The van der Waals surface area contributed by atoms with E-state index >= 15 is 0 Å². The van der Waals surface area contributed by atoms with E-state index in [0.717, 1.165) is 10.0 Å². The lowest BCUT2D eigenvalue weighted by atomic mass is 10.1. The highest BCUT2D eigenvalue weighted by Crippen LogP contribution is 2.33. The second-order valence-electron chi connectivity index (χ2n) is 5.30. The summed E-state index contributed by atoms with van der Waals surface area (Å²) in [7, 11) is 0. The number of esters is 1. The Balaban J connectivity index is 1.90. The Morgan fingerprint density at radius 2 is 1.96 bits per heavy atom. The molecule has 3 rings (SSSR count). The molecule has 2 aromatic carbocycles. The molecule has 0 saturated heterocycles. The van der Waals surface area contributed by atoms with Gasteiger partial charge in [-0.1, -0.05) is 28.1 Å². The van der Waals surface area contributed by atoms with Crippen LogP contribution in [0.25, 0.3) is 11.3 Å².